The standard InChI is InChI=1S/C17H28NO2.C10H21NO2.C7H7Cl/c1-6-17(2,3)16(19)20-13-12-18(4,5)14-15-10-8-7-9-11-15;1-6-10(2,3)9(12)13-8-7-11(4)5;8-6-7-4-2-1-3-5-7/h7-11H,6,12-14H2,1-5H3;6-8H2,1-5H3;1-5H,6H2/q+1;;. The van der Waals surface area contributed by atoms with Gasteiger partial charge in [-0.05, 0) is 60.2 Å². The Labute approximate surface area is 255 Å². The molecule has 0 heterocycles. The first-order chi connectivity index (χ1) is 19.1. The monoisotopic (exact) mass is 591 g/mol. The maximum atomic E-state index is 11.9. The van der Waals surface area contributed by atoms with Crippen LogP contribution >= 0.6 is 11.6 Å². The Morgan fingerprint density at radius 3 is 1.54 bits per heavy atom. The van der Waals surface area contributed by atoms with Gasteiger partial charge in [-0.25, -0.2) is 0 Å². The van der Waals surface area contributed by atoms with Gasteiger partial charge in [-0.2, -0.15) is 0 Å². The number of hydrogen-bond acceptors (Lipinski definition) is 5. The van der Waals surface area contributed by atoms with Gasteiger partial charge in [0, 0.05) is 18.0 Å². The van der Waals surface area contributed by atoms with E-state index in [1.165, 1.54) is 11.1 Å². The Balaban J connectivity index is 0.000000649. The van der Waals surface area contributed by atoms with Gasteiger partial charge in [0.15, 0.2) is 0 Å². The van der Waals surface area contributed by atoms with Crippen molar-refractivity contribution in [2.24, 2.45) is 10.8 Å². The van der Waals surface area contributed by atoms with Gasteiger partial charge in [-0.1, -0.05) is 74.5 Å². The van der Waals surface area contributed by atoms with Crippen LogP contribution in [-0.4, -0.2) is 75.8 Å². The third-order valence-electron chi connectivity index (χ3n) is 7.02. The Morgan fingerprint density at radius 2 is 1.17 bits per heavy atom. The molecule has 0 aromatic heterocycles. The second-order valence-electron chi connectivity index (χ2n) is 12.5. The van der Waals surface area contributed by atoms with Gasteiger partial charge in [0.2, 0.25) is 0 Å². The zero-order valence-electron chi connectivity index (χ0n) is 27.3. The number of hydrogen-bond donors (Lipinski definition) is 0. The summed E-state index contributed by atoms with van der Waals surface area (Å²) in [5.41, 5.74) is 1.76. The molecular weight excluding hydrogens is 536 g/mol. The molecule has 2 aromatic carbocycles. The predicted molar refractivity (Wildman–Crippen MR) is 172 cm³/mol. The van der Waals surface area contributed by atoms with Crippen LogP contribution in [0.15, 0.2) is 60.7 Å². The van der Waals surface area contributed by atoms with E-state index in [9.17, 15) is 9.59 Å². The first kappa shape index (κ1) is 38.6. The van der Waals surface area contributed by atoms with Gasteiger partial charge in [-0.15, -0.1) is 11.6 Å². The van der Waals surface area contributed by atoms with Crippen LogP contribution in [0.2, 0.25) is 0 Å². The number of nitrogens with zero attached hydrogens (tertiary/aromatic N) is 2. The van der Waals surface area contributed by atoms with Crippen molar-refractivity contribution >= 4 is 23.5 Å². The highest BCUT2D eigenvalue weighted by molar-refractivity contribution is 6.17. The Bertz CT molecular complexity index is 977. The summed E-state index contributed by atoms with van der Waals surface area (Å²) in [6, 6.07) is 20.4. The number of benzene rings is 2. The second kappa shape index (κ2) is 19.7. The molecule has 0 aliphatic carbocycles. The highest BCUT2D eigenvalue weighted by atomic mass is 35.5. The van der Waals surface area contributed by atoms with Crippen LogP contribution in [-0.2, 0) is 31.5 Å². The average Bonchev–Trinajstić information content (AvgIpc) is 2.94. The molecule has 41 heavy (non-hydrogen) atoms. The van der Waals surface area contributed by atoms with E-state index in [1.54, 1.807) is 0 Å². The molecule has 0 atom stereocenters. The van der Waals surface area contributed by atoms with E-state index in [0.29, 0.717) is 19.1 Å². The lowest BCUT2D eigenvalue weighted by Crippen LogP contribution is -2.42. The van der Waals surface area contributed by atoms with Crippen molar-refractivity contribution < 1.29 is 23.5 Å². The summed E-state index contributed by atoms with van der Waals surface area (Å²) in [6.45, 7) is 15.2. The number of ether oxygens (including phenoxy) is 2. The first-order valence-electron chi connectivity index (χ1n) is 14.5. The number of carbonyl (C=O) groups is 2. The number of esters is 2. The van der Waals surface area contributed by atoms with E-state index in [2.05, 4.69) is 38.4 Å². The maximum absolute atomic E-state index is 11.9. The molecule has 0 fully saturated rings. The molecule has 232 valence electrons. The molecule has 2 rings (SSSR count). The lowest BCUT2D eigenvalue weighted by Gasteiger charge is -2.30. The van der Waals surface area contributed by atoms with E-state index in [1.807, 2.05) is 96.9 Å². The highest BCUT2D eigenvalue weighted by Crippen LogP contribution is 2.22. The van der Waals surface area contributed by atoms with Gasteiger partial charge in [0.25, 0.3) is 0 Å². The molecule has 0 unspecified atom stereocenters. The Hall–Kier alpha value is -2.41. The molecule has 0 saturated carbocycles. The van der Waals surface area contributed by atoms with Crippen LogP contribution in [0.5, 0.6) is 0 Å². The first-order valence-corrected chi connectivity index (χ1v) is 15.1. The largest absolute Gasteiger partial charge is 0.464 e. The van der Waals surface area contributed by atoms with Crippen molar-refractivity contribution in [3.63, 3.8) is 0 Å². The minimum Gasteiger partial charge on any atom is -0.464 e. The van der Waals surface area contributed by atoms with E-state index in [4.69, 9.17) is 21.1 Å². The van der Waals surface area contributed by atoms with Crippen LogP contribution in [0.4, 0.5) is 0 Å². The van der Waals surface area contributed by atoms with Gasteiger partial charge >= 0.3 is 11.9 Å². The zero-order chi connectivity index (χ0) is 31.5. The summed E-state index contributed by atoms with van der Waals surface area (Å²) in [5, 5.41) is 0. The summed E-state index contributed by atoms with van der Waals surface area (Å²) in [4.78, 5) is 25.3. The lowest BCUT2D eigenvalue weighted by atomic mass is 9.91. The molecule has 6 nitrogen and oxygen atoms in total. The molecular formula is C34H56ClN2O4+. The summed E-state index contributed by atoms with van der Waals surface area (Å²) in [7, 11) is 8.23. The van der Waals surface area contributed by atoms with Crippen molar-refractivity contribution in [1.82, 2.24) is 4.90 Å². The van der Waals surface area contributed by atoms with Crippen LogP contribution in [0.3, 0.4) is 0 Å². The smallest absolute Gasteiger partial charge is 0.311 e. The summed E-state index contributed by atoms with van der Waals surface area (Å²) < 4.78 is 11.4. The van der Waals surface area contributed by atoms with Crippen molar-refractivity contribution in [2.75, 3.05) is 54.5 Å². The minimum absolute atomic E-state index is 0.0975. The van der Waals surface area contributed by atoms with E-state index in [-0.39, 0.29) is 22.8 Å². The molecule has 0 bridgehead atoms. The summed E-state index contributed by atoms with van der Waals surface area (Å²) in [6.07, 6.45) is 1.61. The minimum atomic E-state index is -0.378. The fourth-order valence-electron chi connectivity index (χ4n) is 3.11. The van der Waals surface area contributed by atoms with Crippen LogP contribution in [0, 0.1) is 10.8 Å². The van der Waals surface area contributed by atoms with E-state index >= 15 is 0 Å². The molecule has 0 spiro atoms. The second-order valence-corrected chi connectivity index (χ2v) is 12.7. The van der Waals surface area contributed by atoms with Crippen LogP contribution in [0.25, 0.3) is 0 Å². The molecule has 0 saturated heterocycles. The van der Waals surface area contributed by atoms with Gasteiger partial charge in [0.05, 0.1) is 24.9 Å². The highest BCUT2D eigenvalue weighted by Gasteiger charge is 2.28. The number of quaternary nitrogens is 1. The zero-order valence-corrected chi connectivity index (χ0v) is 28.1. The fourth-order valence-corrected chi connectivity index (χ4v) is 3.29. The molecule has 0 aliphatic rings. The third-order valence-corrected chi connectivity index (χ3v) is 7.33. The number of halogens is 1. The van der Waals surface area contributed by atoms with Gasteiger partial charge in [-0.3, -0.25) is 9.59 Å². The number of rotatable bonds is 13. The predicted octanol–water partition coefficient (Wildman–Crippen LogP) is 7.20. The molecule has 0 radical (unpaired) electrons. The number of alkyl halides is 1. The average molecular weight is 592 g/mol. The van der Waals surface area contributed by atoms with Crippen molar-refractivity contribution in [2.45, 2.75) is 66.8 Å². The van der Waals surface area contributed by atoms with Crippen LogP contribution in [0.1, 0.15) is 65.5 Å². The summed E-state index contributed by atoms with van der Waals surface area (Å²) in [5.74, 6) is 0.414. The van der Waals surface area contributed by atoms with Crippen LogP contribution < -0.4 is 0 Å². The normalized spacial score (nSPS) is 11.5. The third kappa shape index (κ3) is 17.9. The summed E-state index contributed by atoms with van der Waals surface area (Å²) >= 11 is 5.53. The van der Waals surface area contributed by atoms with E-state index < -0.39 is 0 Å². The molecule has 0 aliphatic heterocycles. The van der Waals surface area contributed by atoms with E-state index in [0.717, 1.165) is 37.0 Å². The quantitative estimate of drug-likeness (QED) is 0.140. The molecule has 0 N–H and O–H groups in total. The lowest BCUT2D eigenvalue weighted by molar-refractivity contribution is -0.903. The molecule has 0 amide bonds. The molecule has 7 heteroatoms. The number of likely N-dealkylation sites (N-methyl/N-ethyl adjacent to an activating group) is 2. The SMILES string of the molecule is CCC(C)(C)C(=O)OCCN(C)C.CCC(C)(C)C(=O)OCC[N+](C)(C)Cc1ccccc1.ClCc1ccccc1. The van der Waals surface area contributed by atoms with Crippen molar-refractivity contribution in [3.05, 3.63) is 71.8 Å². The fraction of sp³-hybridized carbons (Fsp3) is 0.588. The Morgan fingerprint density at radius 1 is 0.756 bits per heavy atom. The van der Waals surface area contributed by atoms with Crippen molar-refractivity contribution in [3.8, 4) is 0 Å². The van der Waals surface area contributed by atoms with Gasteiger partial charge in [0.1, 0.15) is 26.3 Å². The van der Waals surface area contributed by atoms with Gasteiger partial charge < -0.3 is 18.9 Å². The topological polar surface area (TPSA) is 55.8 Å². The molecule has 2 aromatic rings. The number of carbonyl (C=O) groups excluding carboxylic acids is 2. The Kier molecular flexibility index (Phi) is 18.5. The maximum Gasteiger partial charge on any atom is 0.311 e. The van der Waals surface area contributed by atoms with Crippen molar-refractivity contribution in [1.29, 1.82) is 0 Å².